The van der Waals surface area contributed by atoms with Crippen molar-refractivity contribution in [2.45, 2.75) is 52.1 Å². The van der Waals surface area contributed by atoms with E-state index in [9.17, 15) is 5.11 Å². The Bertz CT molecular complexity index is 502. The Morgan fingerprint density at radius 2 is 2.25 bits per heavy atom. The Hall–Kier alpha value is -1.53. The third-order valence-corrected chi connectivity index (χ3v) is 3.92. The number of rotatable bonds is 5. The van der Waals surface area contributed by atoms with Gasteiger partial charge in [0.25, 0.3) is 0 Å². The molecule has 20 heavy (non-hydrogen) atoms. The molecule has 1 aliphatic rings. The summed E-state index contributed by atoms with van der Waals surface area (Å²) in [5.41, 5.74) is 1.97. The molecule has 1 aromatic carbocycles. The predicted molar refractivity (Wildman–Crippen MR) is 78.5 cm³/mol. The Morgan fingerprint density at radius 1 is 1.45 bits per heavy atom. The van der Waals surface area contributed by atoms with Gasteiger partial charge in [-0.1, -0.05) is 6.07 Å². The van der Waals surface area contributed by atoms with Crippen LogP contribution in [0.2, 0.25) is 0 Å². The number of aliphatic hydroxyl groups is 1. The molecule has 3 heteroatoms. The number of nitrogens with zero attached hydrogens (tertiary/aromatic N) is 1. The van der Waals surface area contributed by atoms with E-state index in [0.717, 1.165) is 43.4 Å². The number of aryl methyl sites for hydroxylation is 1. The highest BCUT2D eigenvalue weighted by atomic mass is 16.5. The van der Waals surface area contributed by atoms with Gasteiger partial charge in [0, 0.05) is 0 Å². The molecule has 0 radical (unpaired) electrons. The van der Waals surface area contributed by atoms with Gasteiger partial charge in [0.05, 0.1) is 24.2 Å². The standard InChI is InChI=1S/C17H23NO2/c1-17(2,12-18)9-4-10-20-14-8-7-13-5-3-6-16(19)15(13)11-14/h7-8,11,16,19H,3-6,9-10H2,1-2H3. The third-order valence-electron chi connectivity index (χ3n) is 3.92. The van der Waals surface area contributed by atoms with E-state index in [0.29, 0.717) is 6.61 Å². The van der Waals surface area contributed by atoms with Gasteiger partial charge in [0.15, 0.2) is 0 Å². The number of hydrogen-bond acceptors (Lipinski definition) is 3. The fraction of sp³-hybridized carbons (Fsp3) is 0.588. The molecule has 1 aliphatic carbocycles. The van der Waals surface area contributed by atoms with Crippen LogP contribution in [0.1, 0.15) is 56.8 Å². The smallest absolute Gasteiger partial charge is 0.119 e. The highest BCUT2D eigenvalue weighted by Gasteiger charge is 2.19. The second-order valence-electron chi connectivity index (χ2n) is 6.22. The fourth-order valence-corrected chi connectivity index (χ4v) is 2.60. The molecule has 0 bridgehead atoms. The van der Waals surface area contributed by atoms with Gasteiger partial charge in [-0.3, -0.25) is 0 Å². The van der Waals surface area contributed by atoms with Crippen LogP contribution < -0.4 is 4.74 Å². The van der Waals surface area contributed by atoms with Crippen LogP contribution >= 0.6 is 0 Å². The monoisotopic (exact) mass is 273 g/mol. The van der Waals surface area contributed by atoms with Gasteiger partial charge in [-0.05, 0) is 69.2 Å². The van der Waals surface area contributed by atoms with Crippen molar-refractivity contribution in [2.75, 3.05) is 6.61 Å². The SMILES string of the molecule is CC(C)(C#N)CCCOc1ccc2c(c1)C(O)CCC2. The third kappa shape index (κ3) is 3.74. The molecule has 0 aliphatic heterocycles. The van der Waals surface area contributed by atoms with Crippen molar-refractivity contribution in [3.8, 4) is 11.8 Å². The summed E-state index contributed by atoms with van der Waals surface area (Å²) in [6.45, 7) is 4.50. The van der Waals surface area contributed by atoms with E-state index in [1.807, 2.05) is 26.0 Å². The summed E-state index contributed by atoms with van der Waals surface area (Å²) < 4.78 is 5.74. The quantitative estimate of drug-likeness (QED) is 0.831. The van der Waals surface area contributed by atoms with Crippen LogP contribution in [0.25, 0.3) is 0 Å². The zero-order valence-corrected chi connectivity index (χ0v) is 12.4. The van der Waals surface area contributed by atoms with E-state index < -0.39 is 0 Å². The number of aliphatic hydroxyl groups excluding tert-OH is 1. The largest absolute Gasteiger partial charge is 0.494 e. The van der Waals surface area contributed by atoms with Crippen LogP contribution in [0.5, 0.6) is 5.75 Å². The lowest BCUT2D eigenvalue weighted by atomic mass is 9.89. The molecule has 0 fully saturated rings. The molecule has 0 saturated carbocycles. The predicted octanol–water partition coefficient (Wildman–Crippen LogP) is 3.77. The van der Waals surface area contributed by atoms with E-state index in [1.54, 1.807) is 0 Å². The number of benzene rings is 1. The average Bonchev–Trinajstić information content (AvgIpc) is 2.44. The molecule has 0 spiro atoms. The van der Waals surface area contributed by atoms with Crippen molar-refractivity contribution in [2.24, 2.45) is 5.41 Å². The summed E-state index contributed by atoms with van der Waals surface area (Å²) in [6.07, 6.45) is 4.28. The Kier molecular flexibility index (Phi) is 4.67. The van der Waals surface area contributed by atoms with Crippen LogP contribution in [-0.4, -0.2) is 11.7 Å². The molecule has 0 amide bonds. The van der Waals surface area contributed by atoms with Crippen LogP contribution in [0.4, 0.5) is 0 Å². The average molecular weight is 273 g/mol. The highest BCUT2D eigenvalue weighted by Crippen LogP contribution is 2.32. The fourth-order valence-electron chi connectivity index (χ4n) is 2.60. The zero-order chi connectivity index (χ0) is 14.6. The molecular weight excluding hydrogens is 250 g/mol. The van der Waals surface area contributed by atoms with Gasteiger partial charge in [-0.2, -0.15) is 5.26 Å². The van der Waals surface area contributed by atoms with E-state index in [4.69, 9.17) is 10.00 Å². The summed E-state index contributed by atoms with van der Waals surface area (Å²) in [5.74, 6) is 0.819. The van der Waals surface area contributed by atoms with Crippen molar-refractivity contribution < 1.29 is 9.84 Å². The van der Waals surface area contributed by atoms with Crippen molar-refractivity contribution in [1.29, 1.82) is 5.26 Å². The second-order valence-corrected chi connectivity index (χ2v) is 6.22. The maximum absolute atomic E-state index is 10.0. The molecule has 1 N–H and O–H groups in total. The minimum absolute atomic E-state index is 0.282. The Labute approximate surface area is 121 Å². The molecule has 108 valence electrons. The van der Waals surface area contributed by atoms with Crippen LogP contribution in [-0.2, 0) is 6.42 Å². The number of fused-ring (bicyclic) bond motifs is 1. The molecule has 0 heterocycles. The van der Waals surface area contributed by atoms with E-state index in [1.165, 1.54) is 5.56 Å². The van der Waals surface area contributed by atoms with E-state index in [-0.39, 0.29) is 11.5 Å². The molecular formula is C17H23NO2. The first-order chi connectivity index (χ1) is 9.52. The normalized spacial score (nSPS) is 18.2. The first-order valence-electron chi connectivity index (χ1n) is 7.37. The minimum atomic E-state index is -0.347. The summed E-state index contributed by atoms with van der Waals surface area (Å²) in [5, 5.41) is 19.0. The van der Waals surface area contributed by atoms with Gasteiger partial charge in [0.1, 0.15) is 5.75 Å². The number of ether oxygens (including phenoxy) is 1. The highest BCUT2D eigenvalue weighted by molar-refractivity contribution is 5.38. The lowest BCUT2D eigenvalue weighted by Crippen LogP contribution is -2.11. The Morgan fingerprint density at radius 3 is 3.00 bits per heavy atom. The van der Waals surface area contributed by atoms with Crippen molar-refractivity contribution in [3.05, 3.63) is 29.3 Å². The maximum Gasteiger partial charge on any atom is 0.119 e. The van der Waals surface area contributed by atoms with Gasteiger partial charge < -0.3 is 9.84 Å². The van der Waals surface area contributed by atoms with Gasteiger partial charge in [-0.25, -0.2) is 0 Å². The van der Waals surface area contributed by atoms with Crippen molar-refractivity contribution in [1.82, 2.24) is 0 Å². The lowest BCUT2D eigenvalue weighted by molar-refractivity contribution is 0.156. The molecule has 0 saturated heterocycles. The van der Waals surface area contributed by atoms with Gasteiger partial charge in [-0.15, -0.1) is 0 Å². The summed E-state index contributed by atoms with van der Waals surface area (Å²) >= 11 is 0. The summed E-state index contributed by atoms with van der Waals surface area (Å²) in [7, 11) is 0. The second kappa shape index (κ2) is 6.28. The lowest BCUT2D eigenvalue weighted by Gasteiger charge is -2.22. The first kappa shape index (κ1) is 14.9. The number of nitriles is 1. The molecule has 2 rings (SSSR count). The van der Waals surface area contributed by atoms with Crippen LogP contribution in [0, 0.1) is 16.7 Å². The van der Waals surface area contributed by atoms with Gasteiger partial charge in [0.2, 0.25) is 0 Å². The van der Waals surface area contributed by atoms with Crippen molar-refractivity contribution >= 4 is 0 Å². The number of hydrogen-bond donors (Lipinski definition) is 1. The minimum Gasteiger partial charge on any atom is -0.494 e. The molecule has 1 unspecified atom stereocenters. The molecule has 0 aromatic heterocycles. The molecule has 3 nitrogen and oxygen atoms in total. The summed E-state index contributed by atoms with van der Waals surface area (Å²) in [4.78, 5) is 0. The Balaban J connectivity index is 1.88. The molecule has 1 atom stereocenters. The molecule has 1 aromatic rings. The topological polar surface area (TPSA) is 53.2 Å². The van der Waals surface area contributed by atoms with Crippen LogP contribution in [0.15, 0.2) is 18.2 Å². The van der Waals surface area contributed by atoms with Crippen molar-refractivity contribution in [3.63, 3.8) is 0 Å². The maximum atomic E-state index is 10.0. The zero-order valence-electron chi connectivity index (χ0n) is 12.4. The van der Waals surface area contributed by atoms with E-state index >= 15 is 0 Å². The summed E-state index contributed by atoms with van der Waals surface area (Å²) in [6, 6.07) is 8.31. The first-order valence-corrected chi connectivity index (χ1v) is 7.37. The van der Waals surface area contributed by atoms with E-state index in [2.05, 4.69) is 12.1 Å². The van der Waals surface area contributed by atoms with Gasteiger partial charge >= 0.3 is 0 Å². The van der Waals surface area contributed by atoms with Crippen LogP contribution in [0.3, 0.4) is 0 Å².